The van der Waals surface area contributed by atoms with Crippen molar-refractivity contribution in [1.82, 2.24) is 5.32 Å². The van der Waals surface area contributed by atoms with E-state index in [9.17, 15) is 0 Å². The van der Waals surface area contributed by atoms with Crippen molar-refractivity contribution in [2.45, 2.75) is 84.1 Å². The second-order valence-electron chi connectivity index (χ2n) is 5.43. The quantitative estimate of drug-likeness (QED) is 0.482. The van der Waals surface area contributed by atoms with Crippen LogP contribution < -0.4 is 11.1 Å². The van der Waals surface area contributed by atoms with Gasteiger partial charge in [-0.2, -0.15) is 0 Å². The lowest BCUT2D eigenvalue weighted by atomic mass is 10.1. The van der Waals surface area contributed by atoms with E-state index in [2.05, 4.69) is 19.2 Å². The average Bonchev–Trinajstić information content (AvgIpc) is 2.30. The largest absolute Gasteiger partial charge is 0.330 e. The number of rotatable bonds is 13. The number of nitrogens with two attached hydrogens (primary N) is 1. The van der Waals surface area contributed by atoms with Gasteiger partial charge in [-0.1, -0.05) is 65.2 Å². The highest BCUT2D eigenvalue weighted by Gasteiger charge is 1.94. The molecule has 3 N–H and O–H groups in total. The Morgan fingerprint density at radius 2 is 1.12 bits per heavy atom. The van der Waals surface area contributed by atoms with Crippen LogP contribution in [0.2, 0.25) is 0 Å². The lowest BCUT2D eigenvalue weighted by molar-refractivity contribution is 0.523. The van der Waals surface area contributed by atoms with Crippen LogP contribution in [-0.2, 0) is 0 Å². The van der Waals surface area contributed by atoms with Gasteiger partial charge in [0.05, 0.1) is 0 Å². The highest BCUT2D eigenvalue weighted by atomic mass is 14.9. The van der Waals surface area contributed by atoms with Crippen molar-refractivity contribution in [3.8, 4) is 0 Å². The van der Waals surface area contributed by atoms with Crippen LogP contribution in [0.1, 0.15) is 78.1 Å². The summed E-state index contributed by atoms with van der Waals surface area (Å²) in [5.74, 6) is 0. The molecular formula is C15H34N2. The summed E-state index contributed by atoms with van der Waals surface area (Å²) in [6, 6.07) is 0.642. The number of hydrogen-bond acceptors (Lipinski definition) is 2. The molecule has 0 atom stereocenters. The zero-order chi connectivity index (χ0) is 12.8. The molecule has 0 fully saturated rings. The number of hydrogen-bond donors (Lipinski definition) is 2. The Morgan fingerprint density at radius 1 is 0.706 bits per heavy atom. The van der Waals surface area contributed by atoms with Gasteiger partial charge < -0.3 is 11.1 Å². The van der Waals surface area contributed by atoms with Crippen LogP contribution in [0, 0.1) is 0 Å². The first kappa shape index (κ1) is 16.9. The van der Waals surface area contributed by atoms with Crippen LogP contribution in [0.15, 0.2) is 0 Å². The van der Waals surface area contributed by atoms with Crippen molar-refractivity contribution in [3.63, 3.8) is 0 Å². The van der Waals surface area contributed by atoms with Crippen LogP contribution in [0.4, 0.5) is 0 Å². The molecule has 0 rings (SSSR count). The topological polar surface area (TPSA) is 38.0 Å². The predicted molar refractivity (Wildman–Crippen MR) is 78.4 cm³/mol. The molecule has 0 amide bonds. The molecule has 0 aromatic carbocycles. The zero-order valence-corrected chi connectivity index (χ0v) is 12.1. The van der Waals surface area contributed by atoms with Crippen molar-refractivity contribution >= 4 is 0 Å². The van der Waals surface area contributed by atoms with Crippen LogP contribution in [0.5, 0.6) is 0 Å². The van der Waals surface area contributed by atoms with Gasteiger partial charge in [0.2, 0.25) is 0 Å². The van der Waals surface area contributed by atoms with Crippen molar-refractivity contribution in [2.75, 3.05) is 13.1 Å². The Balaban J connectivity index is 2.89. The SMILES string of the molecule is CC(C)NCCCCCCCCCCCCN. The van der Waals surface area contributed by atoms with Gasteiger partial charge in [0, 0.05) is 6.04 Å². The number of unbranched alkanes of at least 4 members (excludes halogenated alkanes) is 9. The van der Waals surface area contributed by atoms with Crippen molar-refractivity contribution in [2.24, 2.45) is 5.73 Å². The molecule has 2 nitrogen and oxygen atoms in total. The summed E-state index contributed by atoms with van der Waals surface area (Å²) in [5.41, 5.74) is 5.46. The first-order valence-electron chi connectivity index (χ1n) is 7.71. The zero-order valence-electron chi connectivity index (χ0n) is 12.1. The van der Waals surface area contributed by atoms with Gasteiger partial charge in [0.25, 0.3) is 0 Å². The maximum atomic E-state index is 5.46. The maximum absolute atomic E-state index is 5.46. The molecule has 17 heavy (non-hydrogen) atoms. The van der Waals surface area contributed by atoms with E-state index in [0.29, 0.717) is 6.04 Å². The van der Waals surface area contributed by atoms with Crippen LogP contribution in [-0.4, -0.2) is 19.1 Å². The Kier molecular flexibility index (Phi) is 13.9. The fraction of sp³-hybridized carbons (Fsp3) is 1.00. The van der Waals surface area contributed by atoms with Gasteiger partial charge in [-0.3, -0.25) is 0 Å². The van der Waals surface area contributed by atoms with E-state index in [-0.39, 0.29) is 0 Å². The van der Waals surface area contributed by atoms with Gasteiger partial charge in [-0.25, -0.2) is 0 Å². The molecule has 0 aromatic rings. The molecule has 0 spiro atoms. The molecule has 0 saturated carbocycles. The maximum Gasteiger partial charge on any atom is 0.00103 e. The molecule has 0 bridgehead atoms. The van der Waals surface area contributed by atoms with E-state index in [1.807, 2.05) is 0 Å². The molecule has 0 saturated heterocycles. The molecule has 0 aliphatic rings. The van der Waals surface area contributed by atoms with E-state index >= 15 is 0 Å². The lowest BCUT2D eigenvalue weighted by Gasteiger charge is -2.07. The third kappa shape index (κ3) is 15.9. The summed E-state index contributed by atoms with van der Waals surface area (Å²) in [4.78, 5) is 0. The minimum atomic E-state index is 0.642. The third-order valence-corrected chi connectivity index (χ3v) is 3.18. The van der Waals surface area contributed by atoms with Gasteiger partial charge >= 0.3 is 0 Å². The van der Waals surface area contributed by atoms with Gasteiger partial charge in [0.1, 0.15) is 0 Å². The fourth-order valence-corrected chi connectivity index (χ4v) is 2.07. The van der Waals surface area contributed by atoms with E-state index in [1.165, 1.54) is 70.8 Å². The van der Waals surface area contributed by atoms with Crippen molar-refractivity contribution in [3.05, 3.63) is 0 Å². The molecule has 0 aliphatic heterocycles. The van der Waals surface area contributed by atoms with Crippen LogP contribution in [0.3, 0.4) is 0 Å². The van der Waals surface area contributed by atoms with Crippen LogP contribution in [0.25, 0.3) is 0 Å². The summed E-state index contributed by atoms with van der Waals surface area (Å²) in [6.07, 6.45) is 13.8. The number of nitrogens with one attached hydrogen (secondary N) is 1. The summed E-state index contributed by atoms with van der Waals surface area (Å²) >= 11 is 0. The smallest absolute Gasteiger partial charge is 0.00103 e. The lowest BCUT2D eigenvalue weighted by Crippen LogP contribution is -2.23. The second kappa shape index (κ2) is 14.0. The molecule has 0 aliphatic carbocycles. The summed E-state index contributed by atoms with van der Waals surface area (Å²) in [6.45, 7) is 6.48. The second-order valence-corrected chi connectivity index (χ2v) is 5.43. The Labute approximate surface area is 109 Å². The fourth-order valence-electron chi connectivity index (χ4n) is 2.07. The van der Waals surface area contributed by atoms with E-state index in [4.69, 9.17) is 5.73 Å². The summed E-state index contributed by atoms with van der Waals surface area (Å²) in [7, 11) is 0. The van der Waals surface area contributed by atoms with Gasteiger partial charge in [-0.15, -0.1) is 0 Å². The van der Waals surface area contributed by atoms with Gasteiger partial charge in [-0.05, 0) is 25.9 Å². The third-order valence-electron chi connectivity index (χ3n) is 3.18. The van der Waals surface area contributed by atoms with Gasteiger partial charge in [0.15, 0.2) is 0 Å². The molecule has 0 aromatic heterocycles. The van der Waals surface area contributed by atoms with E-state index in [1.54, 1.807) is 0 Å². The molecule has 0 heterocycles. The van der Waals surface area contributed by atoms with E-state index < -0.39 is 0 Å². The summed E-state index contributed by atoms with van der Waals surface area (Å²) < 4.78 is 0. The highest BCUT2D eigenvalue weighted by molar-refractivity contribution is 4.53. The van der Waals surface area contributed by atoms with E-state index in [0.717, 1.165) is 6.54 Å². The van der Waals surface area contributed by atoms with Crippen molar-refractivity contribution in [1.29, 1.82) is 0 Å². The standard InChI is InChI=1S/C15H34N2/c1-15(2)17-14-12-10-8-6-4-3-5-7-9-11-13-16/h15,17H,3-14,16H2,1-2H3. The molecule has 0 unspecified atom stereocenters. The normalized spacial score (nSPS) is 11.3. The first-order chi connectivity index (χ1) is 8.27. The summed E-state index contributed by atoms with van der Waals surface area (Å²) in [5, 5.41) is 3.47. The first-order valence-corrected chi connectivity index (χ1v) is 7.71. The monoisotopic (exact) mass is 242 g/mol. The minimum absolute atomic E-state index is 0.642. The van der Waals surface area contributed by atoms with Crippen LogP contribution >= 0.6 is 0 Å². The molecule has 0 radical (unpaired) electrons. The highest BCUT2D eigenvalue weighted by Crippen LogP contribution is 2.10. The molecule has 104 valence electrons. The average molecular weight is 242 g/mol. The molecular weight excluding hydrogens is 208 g/mol. The Bertz CT molecular complexity index is 135. The Hall–Kier alpha value is -0.0800. The van der Waals surface area contributed by atoms with Crippen molar-refractivity contribution < 1.29 is 0 Å². The predicted octanol–water partition coefficient (Wildman–Crippen LogP) is 3.84. The molecule has 2 heteroatoms. The Morgan fingerprint density at radius 3 is 1.53 bits per heavy atom. The minimum Gasteiger partial charge on any atom is -0.330 e.